The molecular weight excluding hydrogens is 216 g/mol. The third-order valence-electron chi connectivity index (χ3n) is 1.57. The van der Waals surface area contributed by atoms with Crippen LogP contribution >= 0.6 is 0 Å². The summed E-state index contributed by atoms with van der Waals surface area (Å²) in [5.41, 5.74) is -1.14. The Balaban J connectivity index is 2.63. The minimum atomic E-state index is -1.26. The van der Waals surface area contributed by atoms with Crippen molar-refractivity contribution in [2.24, 2.45) is 0 Å². The van der Waals surface area contributed by atoms with Gasteiger partial charge in [0.1, 0.15) is 6.61 Å². The van der Waals surface area contributed by atoms with E-state index in [-0.39, 0.29) is 18.1 Å². The predicted octanol–water partition coefficient (Wildman–Crippen LogP) is 0.906. The molecule has 0 fully saturated rings. The second-order valence-corrected chi connectivity index (χ2v) is 3.86. The second kappa shape index (κ2) is 4.36. The molecule has 16 heavy (non-hydrogen) atoms. The summed E-state index contributed by atoms with van der Waals surface area (Å²) in [7, 11) is 0. The van der Waals surface area contributed by atoms with Gasteiger partial charge in [0, 0.05) is 0 Å². The summed E-state index contributed by atoms with van der Waals surface area (Å²) in [5, 5.41) is 17.9. The van der Waals surface area contributed by atoms with Gasteiger partial charge in [-0.05, 0) is 26.0 Å². The summed E-state index contributed by atoms with van der Waals surface area (Å²) in [6.07, 6.45) is 0. The smallest absolute Gasteiger partial charge is 0.374 e. The molecule has 6 nitrogen and oxygen atoms in total. The van der Waals surface area contributed by atoms with Gasteiger partial charge in [-0.15, -0.1) is 0 Å². The number of hydrogen-bond donors (Lipinski definition) is 2. The van der Waals surface area contributed by atoms with E-state index in [0.717, 1.165) is 6.07 Å². The van der Waals surface area contributed by atoms with Crippen molar-refractivity contribution in [1.82, 2.24) is 0 Å². The fourth-order valence-electron chi connectivity index (χ4n) is 0.876. The molecule has 0 amide bonds. The second-order valence-electron chi connectivity index (χ2n) is 3.86. The van der Waals surface area contributed by atoms with Gasteiger partial charge < -0.3 is 19.4 Å². The maximum atomic E-state index is 11.3. The molecule has 0 saturated heterocycles. The Bertz CT molecular complexity index is 398. The van der Waals surface area contributed by atoms with Crippen molar-refractivity contribution in [2.75, 3.05) is 6.61 Å². The van der Waals surface area contributed by atoms with Crippen LogP contribution in [0.4, 0.5) is 0 Å². The van der Waals surface area contributed by atoms with Crippen LogP contribution in [0, 0.1) is 0 Å². The van der Waals surface area contributed by atoms with Gasteiger partial charge in [-0.1, -0.05) is 0 Å². The van der Waals surface area contributed by atoms with Crippen molar-refractivity contribution in [3.05, 3.63) is 23.7 Å². The standard InChI is InChI=1S/C10H12O6/c1-10(2,14)5-15-9(13)7-4-3-6(16-7)8(11)12/h3-4,14H,5H2,1-2H3,(H,11,12). The Morgan fingerprint density at radius 2 is 1.94 bits per heavy atom. The molecule has 0 aromatic carbocycles. The summed E-state index contributed by atoms with van der Waals surface area (Å²) < 4.78 is 9.43. The number of aliphatic hydroxyl groups is 1. The van der Waals surface area contributed by atoms with Crippen LogP contribution in [0.5, 0.6) is 0 Å². The lowest BCUT2D eigenvalue weighted by molar-refractivity contribution is -0.0120. The third-order valence-corrected chi connectivity index (χ3v) is 1.57. The number of carbonyl (C=O) groups is 2. The van der Waals surface area contributed by atoms with Gasteiger partial charge in [0.05, 0.1) is 5.60 Å². The van der Waals surface area contributed by atoms with Gasteiger partial charge in [0.25, 0.3) is 0 Å². The number of hydrogen-bond acceptors (Lipinski definition) is 5. The zero-order valence-electron chi connectivity index (χ0n) is 8.89. The maximum absolute atomic E-state index is 11.3. The van der Waals surface area contributed by atoms with Gasteiger partial charge in [-0.25, -0.2) is 9.59 Å². The molecule has 0 spiro atoms. The average molecular weight is 228 g/mol. The normalized spacial score (nSPS) is 11.2. The molecule has 0 atom stereocenters. The zero-order valence-corrected chi connectivity index (χ0v) is 8.89. The van der Waals surface area contributed by atoms with E-state index in [1.165, 1.54) is 19.9 Å². The molecule has 2 N–H and O–H groups in total. The molecule has 0 saturated carbocycles. The molecule has 0 bridgehead atoms. The van der Waals surface area contributed by atoms with Crippen LogP contribution in [0.15, 0.2) is 16.5 Å². The fraction of sp³-hybridized carbons (Fsp3) is 0.400. The predicted molar refractivity (Wildman–Crippen MR) is 52.2 cm³/mol. The molecule has 1 aromatic heterocycles. The van der Waals surface area contributed by atoms with E-state index in [2.05, 4.69) is 0 Å². The lowest BCUT2D eigenvalue weighted by atomic mass is 10.2. The SMILES string of the molecule is CC(C)(O)COC(=O)c1ccc(C(=O)O)o1. The number of ether oxygens (including phenoxy) is 1. The van der Waals surface area contributed by atoms with Crippen LogP contribution in [-0.2, 0) is 4.74 Å². The van der Waals surface area contributed by atoms with Gasteiger partial charge in [0.15, 0.2) is 0 Å². The Morgan fingerprint density at radius 3 is 2.38 bits per heavy atom. The number of carboxylic acid groups (broad SMARTS) is 1. The molecule has 0 aliphatic carbocycles. The number of aromatic carboxylic acids is 1. The van der Waals surface area contributed by atoms with Gasteiger partial charge in [-0.3, -0.25) is 0 Å². The molecule has 1 aromatic rings. The fourth-order valence-corrected chi connectivity index (χ4v) is 0.876. The highest BCUT2D eigenvalue weighted by atomic mass is 16.6. The highest BCUT2D eigenvalue weighted by Crippen LogP contribution is 2.10. The van der Waals surface area contributed by atoms with Crippen molar-refractivity contribution >= 4 is 11.9 Å². The minimum Gasteiger partial charge on any atom is -0.475 e. The number of esters is 1. The summed E-state index contributed by atoms with van der Waals surface area (Å²) in [5.74, 6) is -2.62. The largest absolute Gasteiger partial charge is 0.475 e. The van der Waals surface area contributed by atoms with Crippen LogP contribution < -0.4 is 0 Å². The molecule has 0 aliphatic heterocycles. The summed E-state index contributed by atoms with van der Waals surface area (Å²) in [4.78, 5) is 21.8. The van der Waals surface area contributed by atoms with Crippen molar-refractivity contribution in [1.29, 1.82) is 0 Å². The van der Waals surface area contributed by atoms with Crippen molar-refractivity contribution in [2.45, 2.75) is 19.4 Å². The molecule has 1 rings (SSSR count). The third kappa shape index (κ3) is 3.39. The van der Waals surface area contributed by atoms with E-state index in [0.29, 0.717) is 0 Å². The lowest BCUT2D eigenvalue weighted by Gasteiger charge is -2.15. The molecule has 88 valence electrons. The van der Waals surface area contributed by atoms with Crippen molar-refractivity contribution in [3.63, 3.8) is 0 Å². The van der Waals surface area contributed by atoms with Crippen LogP contribution in [0.25, 0.3) is 0 Å². The summed E-state index contributed by atoms with van der Waals surface area (Å²) in [6.45, 7) is 2.76. The van der Waals surface area contributed by atoms with E-state index in [4.69, 9.17) is 14.3 Å². The molecule has 0 unspecified atom stereocenters. The molecule has 0 radical (unpaired) electrons. The van der Waals surface area contributed by atoms with E-state index < -0.39 is 17.5 Å². The molecule has 6 heteroatoms. The van der Waals surface area contributed by atoms with Crippen LogP contribution in [0.3, 0.4) is 0 Å². The number of carbonyl (C=O) groups excluding carboxylic acids is 1. The Kier molecular flexibility index (Phi) is 3.34. The van der Waals surface area contributed by atoms with E-state index in [1.807, 2.05) is 0 Å². The Hall–Kier alpha value is -1.82. The van der Waals surface area contributed by atoms with E-state index in [9.17, 15) is 14.7 Å². The first-order valence-electron chi connectivity index (χ1n) is 4.52. The molecule has 0 aliphatic rings. The summed E-state index contributed by atoms with van der Waals surface area (Å²) in [6, 6.07) is 2.36. The highest BCUT2D eigenvalue weighted by molar-refractivity contribution is 5.90. The van der Waals surface area contributed by atoms with Crippen molar-refractivity contribution < 1.29 is 29.0 Å². The lowest BCUT2D eigenvalue weighted by Crippen LogP contribution is -2.27. The average Bonchev–Trinajstić information content (AvgIpc) is 2.61. The number of carboxylic acids is 1. The van der Waals surface area contributed by atoms with Crippen LogP contribution in [0.2, 0.25) is 0 Å². The molecule has 1 heterocycles. The Labute approximate surface area is 91.4 Å². The zero-order chi connectivity index (χ0) is 12.3. The van der Waals surface area contributed by atoms with Crippen molar-refractivity contribution in [3.8, 4) is 0 Å². The first-order chi connectivity index (χ1) is 7.29. The minimum absolute atomic E-state index is 0.199. The Morgan fingerprint density at radius 1 is 1.38 bits per heavy atom. The number of furan rings is 1. The maximum Gasteiger partial charge on any atom is 0.374 e. The van der Waals surface area contributed by atoms with Gasteiger partial charge in [-0.2, -0.15) is 0 Å². The first kappa shape index (κ1) is 12.3. The van der Waals surface area contributed by atoms with Gasteiger partial charge >= 0.3 is 11.9 Å². The van der Waals surface area contributed by atoms with E-state index >= 15 is 0 Å². The van der Waals surface area contributed by atoms with E-state index in [1.54, 1.807) is 0 Å². The van der Waals surface area contributed by atoms with Crippen LogP contribution in [-0.4, -0.2) is 34.4 Å². The highest BCUT2D eigenvalue weighted by Gasteiger charge is 2.20. The quantitative estimate of drug-likeness (QED) is 0.743. The van der Waals surface area contributed by atoms with Gasteiger partial charge in [0.2, 0.25) is 11.5 Å². The monoisotopic (exact) mass is 228 g/mol. The number of rotatable bonds is 4. The molecular formula is C10H12O6. The summed E-state index contributed by atoms with van der Waals surface area (Å²) >= 11 is 0. The topological polar surface area (TPSA) is 97.0 Å². The first-order valence-corrected chi connectivity index (χ1v) is 4.52. The van der Waals surface area contributed by atoms with Crippen LogP contribution in [0.1, 0.15) is 35.0 Å².